The minimum Gasteiger partial charge on any atom is -0.476 e. The lowest BCUT2D eigenvalue weighted by Crippen LogP contribution is -2.37. The van der Waals surface area contributed by atoms with Gasteiger partial charge in [0.15, 0.2) is 10.8 Å². The molecule has 1 amide bonds. The molecule has 0 aliphatic carbocycles. The van der Waals surface area contributed by atoms with E-state index in [4.69, 9.17) is 10.8 Å². The van der Waals surface area contributed by atoms with Crippen LogP contribution < -0.4 is 11.1 Å². The van der Waals surface area contributed by atoms with Crippen molar-refractivity contribution in [2.45, 2.75) is 12.5 Å². The summed E-state index contributed by atoms with van der Waals surface area (Å²) in [5.74, 6) is -1.50. The molecule has 2 aromatic heterocycles. The monoisotopic (exact) mass is 297 g/mol. The van der Waals surface area contributed by atoms with Gasteiger partial charge in [0.1, 0.15) is 0 Å². The van der Waals surface area contributed by atoms with Gasteiger partial charge in [-0.2, -0.15) is 0 Å². The predicted octanol–water partition coefficient (Wildman–Crippen LogP) is 1.41. The summed E-state index contributed by atoms with van der Waals surface area (Å²) in [4.78, 5) is 27.2. The fourth-order valence-electron chi connectivity index (χ4n) is 1.37. The maximum atomic E-state index is 11.8. The second kappa shape index (κ2) is 5.91. The lowest BCUT2D eigenvalue weighted by molar-refractivity contribution is -0.117. The van der Waals surface area contributed by atoms with Crippen molar-refractivity contribution in [2.75, 3.05) is 5.32 Å². The lowest BCUT2D eigenvalue weighted by atomic mass is 10.2. The standard InChI is InChI=1S/C11H11N3O3S2/c12-7(4-6-2-1-3-18-6)9(15)14-11-13-8(5-19-11)10(16)17/h1-3,5,7H,4,12H2,(H,16,17)(H,13,14,15). The second-order valence-electron chi connectivity index (χ2n) is 3.72. The van der Waals surface area contributed by atoms with E-state index in [1.165, 1.54) is 16.7 Å². The Hall–Kier alpha value is -1.77. The Morgan fingerprint density at radius 3 is 2.84 bits per heavy atom. The van der Waals surface area contributed by atoms with Crippen molar-refractivity contribution in [3.05, 3.63) is 33.5 Å². The Bertz CT molecular complexity index is 580. The van der Waals surface area contributed by atoms with Crippen molar-refractivity contribution in [1.82, 2.24) is 4.98 Å². The molecule has 2 heterocycles. The van der Waals surface area contributed by atoms with E-state index in [1.54, 1.807) is 0 Å². The van der Waals surface area contributed by atoms with Crippen LogP contribution in [0.5, 0.6) is 0 Å². The first kappa shape index (κ1) is 13.7. The van der Waals surface area contributed by atoms with Gasteiger partial charge < -0.3 is 16.2 Å². The molecule has 2 rings (SSSR count). The number of thiophene rings is 1. The van der Waals surface area contributed by atoms with E-state index in [9.17, 15) is 9.59 Å². The molecule has 1 unspecified atom stereocenters. The van der Waals surface area contributed by atoms with Crippen molar-refractivity contribution >= 4 is 39.7 Å². The summed E-state index contributed by atoms with van der Waals surface area (Å²) in [6, 6.07) is 3.12. The molecule has 0 saturated carbocycles. The van der Waals surface area contributed by atoms with Gasteiger partial charge in [-0.15, -0.1) is 22.7 Å². The van der Waals surface area contributed by atoms with Crippen LogP contribution in [0.2, 0.25) is 0 Å². The molecule has 8 heteroatoms. The van der Waals surface area contributed by atoms with Gasteiger partial charge in [-0.3, -0.25) is 4.79 Å². The zero-order valence-corrected chi connectivity index (χ0v) is 11.3. The Balaban J connectivity index is 1.94. The maximum Gasteiger partial charge on any atom is 0.355 e. The van der Waals surface area contributed by atoms with Gasteiger partial charge in [0.05, 0.1) is 6.04 Å². The number of nitrogens with two attached hydrogens (primary N) is 1. The number of aromatic carboxylic acids is 1. The van der Waals surface area contributed by atoms with Crippen molar-refractivity contribution in [1.29, 1.82) is 0 Å². The third-order valence-corrected chi connectivity index (χ3v) is 3.95. The number of aromatic nitrogens is 1. The molecule has 0 spiro atoms. The van der Waals surface area contributed by atoms with Crippen LogP contribution in [0.15, 0.2) is 22.9 Å². The number of carboxylic acids is 1. The minimum atomic E-state index is -1.13. The number of carbonyl (C=O) groups is 2. The largest absolute Gasteiger partial charge is 0.476 e. The number of nitrogens with zero attached hydrogens (tertiary/aromatic N) is 1. The van der Waals surface area contributed by atoms with Gasteiger partial charge in [-0.05, 0) is 11.4 Å². The number of carboxylic acid groups (broad SMARTS) is 1. The molecule has 19 heavy (non-hydrogen) atoms. The first-order valence-corrected chi connectivity index (χ1v) is 7.10. The third kappa shape index (κ3) is 3.60. The molecule has 0 fully saturated rings. The molecule has 4 N–H and O–H groups in total. The third-order valence-electron chi connectivity index (χ3n) is 2.29. The minimum absolute atomic E-state index is 0.0906. The molecular weight excluding hydrogens is 286 g/mol. The molecule has 1 atom stereocenters. The van der Waals surface area contributed by atoms with Crippen LogP contribution in [-0.2, 0) is 11.2 Å². The number of hydrogen-bond donors (Lipinski definition) is 3. The highest BCUT2D eigenvalue weighted by Gasteiger charge is 2.17. The van der Waals surface area contributed by atoms with Gasteiger partial charge in [-0.1, -0.05) is 6.07 Å². The van der Waals surface area contributed by atoms with E-state index in [2.05, 4.69) is 10.3 Å². The summed E-state index contributed by atoms with van der Waals surface area (Å²) in [6.07, 6.45) is 0.445. The number of rotatable bonds is 5. The molecule has 2 aromatic rings. The summed E-state index contributed by atoms with van der Waals surface area (Å²) in [5.41, 5.74) is 5.69. The lowest BCUT2D eigenvalue weighted by Gasteiger charge is -2.09. The van der Waals surface area contributed by atoms with Crippen LogP contribution in [0.25, 0.3) is 0 Å². The quantitative estimate of drug-likeness (QED) is 0.774. The molecule has 0 aromatic carbocycles. The van der Waals surface area contributed by atoms with Gasteiger partial charge in [0.2, 0.25) is 5.91 Å². The van der Waals surface area contributed by atoms with Crippen LogP contribution in [-0.4, -0.2) is 28.0 Å². The van der Waals surface area contributed by atoms with Crippen molar-refractivity contribution in [3.8, 4) is 0 Å². The van der Waals surface area contributed by atoms with Crippen LogP contribution in [0.4, 0.5) is 5.13 Å². The first-order valence-electron chi connectivity index (χ1n) is 5.34. The van der Waals surface area contributed by atoms with Crippen LogP contribution >= 0.6 is 22.7 Å². The second-order valence-corrected chi connectivity index (χ2v) is 5.61. The Morgan fingerprint density at radius 1 is 1.47 bits per heavy atom. The molecule has 0 saturated heterocycles. The number of nitrogens with one attached hydrogen (secondary N) is 1. The van der Waals surface area contributed by atoms with Crippen LogP contribution in [0, 0.1) is 0 Å². The van der Waals surface area contributed by atoms with E-state index >= 15 is 0 Å². The van der Waals surface area contributed by atoms with E-state index in [1.807, 2.05) is 17.5 Å². The smallest absolute Gasteiger partial charge is 0.355 e. The highest BCUT2D eigenvalue weighted by Crippen LogP contribution is 2.16. The Kier molecular flexibility index (Phi) is 4.25. The molecule has 0 bridgehead atoms. The number of carbonyl (C=O) groups excluding carboxylic acids is 1. The topological polar surface area (TPSA) is 105 Å². The molecule has 0 aliphatic rings. The van der Waals surface area contributed by atoms with Crippen molar-refractivity contribution in [2.24, 2.45) is 5.73 Å². The average Bonchev–Trinajstić information content (AvgIpc) is 2.99. The molecule has 6 nitrogen and oxygen atoms in total. The van der Waals surface area contributed by atoms with Crippen molar-refractivity contribution < 1.29 is 14.7 Å². The highest BCUT2D eigenvalue weighted by atomic mass is 32.1. The van der Waals surface area contributed by atoms with Gasteiger partial charge in [0.25, 0.3) is 0 Å². The fourth-order valence-corrected chi connectivity index (χ4v) is 2.82. The van der Waals surface area contributed by atoms with E-state index in [-0.39, 0.29) is 16.7 Å². The summed E-state index contributed by atoms with van der Waals surface area (Å²) < 4.78 is 0. The zero-order chi connectivity index (χ0) is 13.8. The summed E-state index contributed by atoms with van der Waals surface area (Å²) in [6.45, 7) is 0. The summed E-state index contributed by atoms with van der Waals surface area (Å²) in [7, 11) is 0. The summed E-state index contributed by atoms with van der Waals surface area (Å²) >= 11 is 2.59. The SMILES string of the molecule is NC(Cc1cccs1)C(=O)Nc1nc(C(=O)O)cs1. The first-order chi connectivity index (χ1) is 9.06. The molecule has 0 radical (unpaired) electrons. The van der Waals surface area contributed by atoms with Crippen molar-refractivity contribution in [3.63, 3.8) is 0 Å². The van der Waals surface area contributed by atoms with E-state index in [0.29, 0.717) is 6.42 Å². The zero-order valence-electron chi connectivity index (χ0n) is 9.70. The average molecular weight is 297 g/mol. The summed E-state index contributed by atoms with van der Waals surface area (Å²) in [5, 5.41) is 14.8. The highest BCUT2D eigenvalue weighted by molar-refractivity contribution is 7.14. The maximum absolute atomic E-state index is 11.8. The van der Waals surface area contributed by atoms with Gasteiger partial charge in [0, 0.05) is 16.7 Å². The van der Waals surface area contributed by atoms with E-state index < -0.39 is 12.0 Å². The van der Waals surface area contributed by atoms with E-state index in [0.717, 1.165) is 16.2 Å². The van der Waals surface area contributed by atoms with Crippen LogP contribution in [0.1, 0.15) is 15.4 Å². The normalized spacial score (nSPS) is 12.1. The van der Waals surface area contributed by atoms with Crippen LogP contribution in [0.3, 0.4) is 0 Å². The fraction of sp³-hybridized carbons (Fsp3) is 0.182. The predicted molar refractivity (Wildman–Crippen MR) is 73.7 cm³/mol. The number of thiazole rings is 1. The molecular formula is C11H11N3O3S2. The Labute approximate surface area is 116 Å². The number of anilines is 1. The van der Waals surface area contributed by atoms with Gasteiger partial charge in [-0.25, -0.2) is 9.78 Å². The van der Waals surface area contributed by atoms with Gasteiger partial charge >= 0.3 is 5.97 Å². The number of hydrogen-bond acceptors (Lipinski definition) is 6. The molecule has 0 aliphatic heterocycles. The Morgan fingerprint density at radius 2 is 2.26 bits per heavy atom. The number of amides is 1. The molecule has 100 valence electrons.